The number of ether oxygens (including phenoxy) is 1. The number of hydrogen-bond acceptors (Lipinski definition) is 1. The van der Waals surface area contributed by atoms with Crippen molar-refractivity contribution in [2.24, 2.45) is 11.8 Å². The second-order valence-electron chi connectivity index (χ2n) is 11.0. The van der Waals surface area contributed by atoms with E-state index in [4.69, 9.17) is 4.74 Å². The van der Waals surface area contributed by atoms with Crippen LogP contribution >= 0.6 is 0 Å². The Labute approximate surface area is 207 Å². The predicted octanol–water partition coefficient (Wildman–Crippen LogP) is 9.92. The van der Waals surface area contributed by atoms with Crippen LogP contribution in [0.4, 0.5) is 4.39 Å². The molecular weight excluding hydrogens is 419 g/mol. The first kappa shape index (κ1) is 25.4. The zero-order valence-electron chi connectivity index (χ0n) is 21.8. The van der Waals surface area contributed by atoms with E-state index in [1.807, 2.05) is 13.0 Å². The lowest BCUT2D eigenvalue weighted by atomic mass is 9.77. The van der Waals surface area contributed by atoms with Crippen molar-refractivity contribution in [2.75, 3.05) is 6.61 Å². The summed E-state index contributed by atoms with van der Waals surface area (Å²) in [6.45, 7) is 7.20. The van der Waals surface area contributed by atoms with Gasteiger partial charge in [0, 0.05) is 5.56 Å². The van der Waals surface area contributed by atoms with Gasteiger partial charge < -0.3 is 4.74 Å². The van der Waals surface area contributed by atoms with Gasteiger partial charge in [0.05, 0.1) is 12.7 Å². The molecule has 1 nitrogen and oxygen atoms in total. The summed E-state index contributed by atoms with van der Waals surface area (Å²) in [6.07, 6.45) is 15.3. The fourth-order valence-electron chi connectivity index (χ4n) is 6.36. The highest BCUT2D eigenvalue weighted by Gasteiger charge is 2.26. The summed E-state index contributed by atoms with van der Waals surface area (Å²) in [5.41, 5.74) is 5.07. The molecule has 2 aromatic rings. The fourth-order valence-corrected chi connectivity index (χ4v) is 6.36. The number of rotatable bonds is 9. The molecule has 0 bridgehead atoms. The molecule has 1 saturated heterocycles. The molecule has 1 saturated carbocycles. The van der Waals surface area contributed by atoms with Crippen LogP contribution in [0.1, 0.15) is 120 Å². The summed E-state index contributed by atoms with van der Waals surface area (Å²) in [5, 5.41) is 0. The number of hydrogen-bond donors (Lipinski definition) is 0. The summed E-state index contributed by atoms with van der Waals surface area (Å²) in [6, 6.07) is 13.1. The topological polar surface area (TPSA) is 9.23 Å². The van der Waals surface area contributed by atoms with Crippen LogP contribution in [0, 0.1) is 24.6 Å². The van der Waals surface area contributed by atoms with Crippen molar-refractivity contribution in [1.82, 2.24) is 0 Å². The minimum absolute atomic E-state index is 0.0816. The van der Waals surface area contributed by atoms with Crippen LogP contribution in [-0.2, 0) is 4.74 Å². The molecule has 0 amide bonds. The summed E-state index contributed by atoms with van der Waals surface area (Å²) < 4.78 is 21.5. The zero-order chi connectivity index (χ0) is 23.9. The molecular formula is C32H45FO. The van der Waals surface area contributed by atoms with Crippen molar-refractivity contribution in [3.8, 4) is 11.1 Å². The van der Waals surface area contributed by atoms with Crippen LogP contribution in [0.5, 0.6) is 0 Å². The highest BCUT2D eigenvalue weighted by atomic mass is 19.1. The van der Waals surface area contributed by atoms with Crippen molar-refractivity contribution in [1.29, 1.82) is 0 Å². The van der Waals surface area contributed by atoms with Crippen LogP contribution in [0.3, 0.4) is 0 Å². The second kappa shape index (κ2) is 12.3. The average Bonchev–Trinajstić information content (AvgIpc) is 2.87. The molecule has 1 aliphatic heterocycles. The Kier molecular flexibility index (Phi) is 9.23. The van der Waals surface area contributed by atoms with Crippen molar-refractivity contribution < 1.29 is 9.13 Å². The third-order valence-corrected chi connectivity index (χ3v) is 8.59. The average molecular weight is 465 g/mol. The third-order valence-electron chi connectivity index (χ3n) is 8.59. The van der Waals surface area contributed by atoms with Gasteiger partial charge in [-0.3, -0.25) is 0 Å². The lowest BCUT2D eigenvalue weighted by molar-refractivity contribution is -0.0212. The van der Waals surface area contributed by atoms with Gasteiger partial charge in [0.1, 0.15) is 5.82 Å². The quantitative estimate of drug-likeness (QED) is 0.335. The molecule has 2 unspecified atom stereocenters. The van der Waals surface area contributed by atoms with Crippen LogP contribution in [0.2, 0.25) is 0 Å². The number of unbranched alkanes of at least 4 members (excludes halogenated alkanes) is 2. The Morgan fingerprint density at radius 2 is 1.53 bits per heavy atom. The zero-order valence-corrected chi connectivity index (χ0v) is 21.8. The molecule has 2 aliphatic rings. The van der Waals surface area contributed by atoms with Crippen molar-refractivity contribution in [2.45, 2.75) is 110 Å². The molecule has 0 radical (unpaired) electrons. The predicted molar refractivity (Wildman–Crippen MR) is 142 cm³/mol. The van der Waals surface area contributed by atoms with Crippen molar-refractivity contribution in [3.63, 3.8) is 0 Å². The SMILES string of the molecule is CCCCCC1CCC(c2ccc(-c3ccc(C4CCC(CCC)CO4)c(F)c3C)cc2)CC1. The largest absolute Gasteiger partial charge is 0.373 e. The second-order valence-corrected chi connectivity index (χ2v) is 11.0. The van der Waals surface area contributed by atoms with Crippen molar-refractivity contribution >= 4 is 0 Å². The van der Waals surface area contributed by atoms with Gasteiger partial charge >= 0.3 is 0 Å². The van der Waals surface area contributed by atoms with E-state index in [1.165, 1.54) is 69.8 Å². The lowest BCUT2D eigenvalue weighted by Gasteiger charge is -2.30. The standard InChI is InChI=1S/C32H45FO/c1-4-6-7-9-24-10-13-26(14-11-24)27-15-17-28(18-16-27)29-19-20-30(32(33)23(29)3)31-21-12-25(8-5-2)22-34-31/h15-20,24-26,31H,4-14,21-22H2,1-3H3. The summed E-state index contributed by atoms with van der Waals surface area (Å²) >= 11 is 0. The van der Waals surface area contributed by atoms with E-state index in [0.29, 0.717) is 11.8 Å². The van der Waals surface area contributed by atoms with Gasteiger partial charge in [-0.05, 0) is 91.9 Å². The summed E-state index contributed by atoms with van der Waals surface area (Å²) in [7, 11) is 0. The molecule has 2 heteroatoms. The Morgan fingerprint density at radius 3 is 2.18 bits per heavy atom. The number of halogens is 1. The summed E-state index contributed by atoms with van der Waals surface area (Å²) in [4.78, 5) is 0. The Hall–Kier alpha value is -1.67. The minimum Gasteiger partial charge on any atom is -0.373 e. The van der Waals surface area contributed by atoms with Crippen LogP contribution in [0.25, 0.3) is 11.1 Å². The first-order valence-corrected chi connectivity index (χ1v) is 14.1. The van der Waals surface area contributed by atoms with Gasteiger partial charge in [-0.25, -0.2) is 4.39 Å². The Bertz CT molecular complexity index is 886. The van der Waals surface area contributed by atoms with Gasteiger partial charge in [0.25, 0.3) is 0 Å². The molecule has 1 heterocycles. The monoisotopic (exact) mass is 464 g/mol. The van der Waals surface area contributed by atoms with E-state index in [1.54, 1.807) is 0 Å². The molecule has 1 aliphatic carbocycles. The van der Waals surface area contributed by atoms with Gasteiger partial charge in [0.2, 0.25) is 0 Å². The molecule has 0 aromatic heterocycles. The maximum atomic E-state index is 15.4. The van der Waals surface area contributed by atoms with Gasteiger partial charge in [-0.1, -0.05) is 82.3 Å². The van der Waals surface area contributed by atoms with E-state index >= 15 is 4.39 Å². The minimum atomic E-state index is -0.0969. The normalized spacial score (nSPS) is 25.4. The van der Waals surface area contributed by atoms with Gasteiger partial charge in [-0.15, -0.1) is 0 Å². The van der Waals surface area contributed by atoms with Gasteiger partial charge in [0.15, 0.2) is 0 Å². The highest BCUT2D eigenvalue weighted by molar-refractivity contribution is 5.68. The van der Waals surface area contributed by atoms with Crippen LogP contribution in [0.15, 0.2) is 36.4 Å². The molecule has 0 spiro atoms. The highest BCUT2D eigenvalue weighted by Crippen LogP contribution is 2.40. The van der Waals surface area contributed by atoms with E-state index in [-0.39, 0.29) is 11.9 Å². The fraction of sp³-hybridized carbons (Fsp3) is 0.625. The maximum absolute atomic E-state index is 15.4. The van der Waals surface area contributed by atoms with Crippen LogP contribution in [-0.4, -0.2) is 6.61 Å². The smallest absolute Gasteiger partial charge is 0.132 e. The molecule has 34 heavy (non-hydrogen) atoms. The third kappa shape index (κ3) is 6.11. The van der Waals surface area contributed by atoms with Gasteiger partial charge in [-0.2, -0.15) is 0 Å². The molecule has 2 atom stereocenters. The van der Waals surface area contributed by atoms with E-state index in [2.05, 4.69) is 44.2 Å². The van der Waals surface area contributed by atoms with E-state index in [0.717, 1.165) is 47.6 Å². The van der Waals surface area contributed by atoms with Crippen LogP contribution < -0.4 is 0 Å². The first-order chi connectivity index (χ1) is 16.6. The first-order valence-electron chi connectivity index (χ1n) is 14.1. The molecule has 4 rings (SSSR count). The molecule has 2 fully saturated rings. The Morgan fingerprint density at radius 1 is 0.794 bits per heavy atom. The number of benzene rings is 2. The molecule has 186 valence electrons. The van der Waals surface area contributed by atoms with E-state index in [9.17, 15) is 0 Å². The van der Waals surface area contributed by atoms with Crippen molar-refractivity contribution in [3.05, 3.63) is 58.9 Å². The molecule has 0 N–H and O–H groups in total. The van der Waals surface area contributed by atoms with E-state index < -0.39 is 0 Å². The molecule has 2 aromatic carbocycles. The Balaban J connectivity index is 1.38. The lowest BCUT2D eigenvalue weighted by Crippen LogP contribution is -2.21. The summed E-state index contributed by atoms with van der Waals surface area (Å²) in [5.74, 6) is 2.19. The maximum Gasteiger partial charge on any atom is 0.132 e.